The van der Waals surface area contributed by atoms with Crippen LogP contribution in [-0.4, -0.2) is 23.1 Å². The minimum atomic E-state index is -5.75. The second-order valence-corrected chi connectivity index (χ2v) is 1.68. The number of quaternary nitrogens is 1. The van der Waals surface area contributed by atoms with Crippen LogP contribution < -0.4 is 14.5 Å². The molecule has 0 saturated carbocycles. The molecule has 0 amide bonds. The summed E-state index contributed by atoms with van der Waals surface area (Å²) in [6.45, 7) is 0. The van der Waals surface area contributed by atoms with Crippen LogP contribution in [0.4, 0.5) is 0 Å². The van der Waals surface area contributed by atoms with Gasteiger partial charge in [0.2, 0.25) is 0 Å². The maximum atomic E-state index is 8.59. The summed E-state index contributed by atoms with van der Waals surface area (Å²) in [6, 6.07) is 0. The Balaban J connectivity index is -0.0000000800. The molecule has 0 spiro atoms. The first-order valence-corrected chi connectivity index (χ1v) is 2.75. The molecule has 0 heterocycles. The van der Waals surface area contributed by atoms with Gasteiger partial charge in [-0.2, -0.15) is 0 Å². The van der Waals surface area contributed by atoms with Crippen LogP contribution >= 0.6 is 0 Å². The van der Waals surface area contributed by atoms with Crippen molar-refractivity contribution < 1.29 is 29.5 Å². The molecule has 0 rings (SSSR count). The first-order valence-electron chi connectivity index (χ1n) is 0.667. The van der Waals surface area contributed by atoms with Gasteiger partial charge in [0, 0.05) is 0 Å². The van der Waals surface area contributed by atoms with E-state index < -0.39 is 13.6 Å². The van der Waals surface area contributed by atoms with E-state index in [1.54, 1.807) is 0 Å². The molecule has 0 aromatic rings. The number of rotatable bonds is 0. The summed E-state index contributed by atoms with van der Waals surface area (Å²) in [5.41, 5.74) is 0. The van der Waals surface area contributed by atoms with Gasteiger partial charge in [-0.05, 0) is 0 Å². The average molecular weight is 158 g/mol. The van der Waals surface area contributed by atoms with Crippen molar-refractivity contribution in [2.75, 3.05) is 0 Å². The van der Waals surface area contributed by atoms with Gasteiger partial charge in [-0.1, -0.05) is 0 Å². The fraction of sp³-hybridized carbons (Fsp3) is 0. The van der Waals surface area contributed by atoms with Crippen LogP contribution in [0.5, 0.6) is 0 Å². The third-order valence-electron chi connectivity index (χ3n) is 0. The molecule has 0 unspecified atom stereocenters. The summed E-state index contributed by atoms with van der Waals surface area (Å²) in [7, 11) is 0. The van der Waals surface area contributed by atoms with Gasteiger partial charge in [-0.25, -0.2) is 0 Å². The molecule has 0 fully saturated rings. The van der Waals surface area contributed by atoms with Crippen molar-refractivity contribution >= 4 is 23.1 Å². The Morgan fingerprint density at radius 2 is 1.14 bits per heavy atom. The molecule has 0 bridgehead atoms. The van der Waals surface area contributed by atoms with Crippen molar-refractivity contribution in [3.05, 3.63) is 0 Å². The predicted molar refractivity (Wildman–Crippen MR) is 13.1 cm³/mol. The summed E-state index contributed by atoms with van der Waals surface area (Å²) < 4.78 is 34.4. The monoisotopic (exact) mass is 158 g/mol. The van der Waals surface area contributed by atoms with Gasteiger partial charge in [-0.15, -0.1) is 0 Å². The molecule has 0 saturated heterocycles. The van der Waals surface area contributed by atoms with E-state index in [1.807, 2.05) is 0 Å². The molecular weight excluding hydrogens is 154 g/mol. The second kappa shape index (κ2) is 4.93. The van der Waals surface area contributed by atoms with Crippen LogP contribution in [0.25, 0.3) is 0 Å². The van der Waals surface area contributed by atoms with E-state index in [-0.39, 0.29) is 29.2 Å². The SMILES string of the molecule is [Mg+].[NH4+].[O]=[Cr](=[O])([O-])[O-]. The van der Waals surface area contributed by atoms with E-state index >= 15 is 0 Å². The van der Waals surface area contributed by atoms with Gasteiger partial charge in [0.15, 0.2) is 0 Å². The van der Waals surface area contributed by atoms with Gasteiger partial charge in [0.25, 0.3) is 0 Å². The van der Waals surface area contributed by atoms with E-state index in [2.05, 4.69) is 0 Å². The molecule has 0 aliphatic carbocycles. The molecular formula is H4CrMgNO4. The van der Waals surface area contributed by atoms with Gasteiger partial charge in [-0.3, -0.25) is 0 Å². The molecule has 7 heavy (non-hydrogen) atoms. The second-order valence-electron chi connectivity index (χ2n) is 0.408. The molecule has 0 aliphatic rings. The fourth-order valence-corrected chi connectivity index (χ4v) is 0. The molecule has 7 heteroatoms. The van der Waals surface area contributed by atoms with E-state index in [4.69, 9.17) is 15.9 Å². The van der Waals surface area contributed by atoms with Crippen LogP contribution in [0, 0.1) is 0 Å². The molecule has 41 valence electrons. The zero-order valence-electron chi connectivity index (χ0n) is 3.75. The Morgan fingerprint density at radius 3 is 1.14 bits per heavy atom. The first kappa shape index (κ1) is 15.7. The van der Waals surface area contributed by atoms with Crippen molar-refractivity contribution in [2.45, 2.75) is 0 Å². The molecule has 5 nitrogen and oxygen atoms in total. The topological polar surface area (TPSA) is 117 Å². The van der Waals surface area contributed by atoms with E-state index in [9.17, 15) is 0 Å². The average Bonchev–Trinajstić information content (AvgIpc) is 0.722. The van der Waals surface area contributed by atoms with Crippen LogP contribution in [0.15, 0.2) is 0 Å². The van der Waals surface area contributed by atoms with E-state index in [1.165, 1.54) is 0 Å². The van der Waals surface area contributed by atoms with Crippen molar-refractivity contribution in [1.29, 1.82) is 0 Å². The summed E-state index contributed by atoms with van der Waals surface area (Å²) in [6.07, 6.45) is 0. The predicted octanol–water partition coefficient (Wildman–Crippen LogP) is -2.62. The van der Waals surface area contributed by atoms with Crippen molar-refractivity contribution in [3.8, 4) is 0 Å². The minimum absolute atomic E-state index is 0. The Hall–Kier alpha value is 0.779. The summed E-state index contributed by atoms with van der Waals surface area (Å²) in [5, 5.41) is 0. The van der Waals surface area contributed by atoms with E-state index in [0.29, 0.717) is 0 Å². The van der Waals surface area contributed by atoms with Gasteiger partial charge in [0.1, 0.15) is 0 Å². The quantitative estimate of drug-likeness (QED) is 0.388. The summed E-state index contributed by atoms with van der Waals surface area (Å²) >= 11 is -5.75. The summed E-state index contributed by atoms with van der Waals surface area (Å²) in [5.74, 6) is 0. The zero-order valence-corrected chi connectivity index (χ0v) is 6.44. The van der Waals surface area contributed by atoms with Crippen molar-refractivity contribution in [3.63, 3.8) is 0 Å². The molecule has 4 N–H and O–H groups in total. The van der Waals surface area contributed by atoms with Gasteiger partial charge < -0.3 is 6.15 Å². The molecule has 1 radical (unpaired) electrons. The third kappa shape index (κ3) is 255. The number of hydrogen-bond donors (Lipinski definition) is 1. The van der Waals surface area contributed by atoms with Gasteiger partial charge in [0.05, 0.1) is 0 Å². The zero-order chi connectivity index (χ0) is 4.50. The standard InChI is InChI=1S/Cr.Mg.H3N.4O/h;;1H3;;;;/q;+1;;;;2*-1/p+1. The van der Waals surface area contributed by atoms with Crippen LogP contribution in [-0.2, 0) is 21.2 Å². The molecule has 0 atom stereocenters. The Morgan fingerprint density at radius 1 is 1.14 bits per heavy atom. The molecule has 0 aromatic carbocycles. The Kier molecular flexibility index (Phi) is 11.0. The number of hydrogen-bond acceptors (Lipinski definition) is 4. The third-order valence-corrected chi connectivity index (χ3v) is 0. The van der Waals surface area contributed by atoms with Crippen LogP contribution in [0.3, 0.4) is 0 Å². The molecule has 0 aliphatic heterocycles. The molecule has 0 aromatic heterocycles. The van der Waals surface area contributed by atoms with Gasteiger partial charge >= 0.3 is 52.6 Å². The van der Waals surface area contributed by atoms with E-state index in [0.717, 1.165) is 0 Å². The normalized spacial score (nSPS) is 8.29. The first-order chi connectivity index (χ1) is 2.00. The summed E-state index contributed by atoms with van der Waals surface area (Å²) in [4.78, 5) is 0. The van der Waals surface area contributed by atoms with Crippen LogP contribution in [0.1, 0.15) is 0 Å². The van der Waals surface area contributed by atoms with Crippen molar-refractivity contribution in [1.82, 2.24) is 6.15 Å². The Bertz CT molecular complexity index is 94.9. The maximum absolute atomic E-state index is 8.59. The Labute approximate surface area is 58.8 Å². The van der Waals surface area contributed by atoms with Crippen molar-refractivity contribution in [2.24, 2.45) is 0 Å². The fourth-order valence-electron chi connectivity index (χ4n) is 0. The van der Waals surface area contributed by atoms with Crippen LogP contribution in [0.2, 0.25) is 0 Å².